The molecule has 4 rings (SSSR count). The molecule has 0 spiro atoms. The Kier molecular flexibility index (Phi) is 5.65. The molecule has 0 aliphatic carbocycles. The van der Waals surface area contributed by atoms with Crippen LogP contribution in [0.3, 0.4) is 0 Å². The molecule has 4 nitrogen and oxygen atoms in total. The second kappa shape index (κ2) is 8.18. The summed E-state index contributed by atoms with van der Waals surface area (Å²) in [6, 6.07) is 17.7. The minimum Gasteiger partial charge on any atom is -0.292 e. The quantitative estimate of drug-likeness (QED) is 0.671. The van der Waals surface area contributed by atoms with Crippen molar-refractivity contribution >= 4 is 40.9 Å². The molecular formula is C21H17Cl2N3OS. The van der Waals surface area contributed by atoms with Crippen LogP contribution in [0.2, 0.25) is 10.0 Å². The molecule has 0 radical (unpaired) electrons. The summed E-state index contributed by atoms with van der Waals surface area (Å²) in [6.45, 7) is 1.23. The number of carbonyl (C=O) groups is 1. The van der Waals surface area contributed by atoms with Gasteiger partial charge in [0, 0.05) is 28.9 Å². The Morgan fingerprint density at radius 1 is 1.11 bits per heavy atom. The summed E-state index contributed by atoms with van der Waals surface area (Å²) in [4.78, 5) is 16.9. The van der Waals surface area contributed by atoms with E-state index in [0.717, 1.165) is 11.6 Å². The zero-order valence-electron chi connectivity index (χ0n) is 14.9. The summed E-state index contributed by atoms with van der Waals surface area (Å²) < 4.78 is 0. The Morgan fingerprint density at radius 2 is 1.82 bits per heavy atom. The van der Waals surface area contributed by atoms with Gasteiger partial charge in [0.05, 0.1) is 29.2 Å². The molecule has 2 aliphatic rings. The van der Waals surface area contributed by atoms with Crippen molar-refractivity contribution < 1.29 is 4.79 Å². The van der Waals surface area contributed by atoms with Gasteiger partial charge in [-0.1, -0.05) is 71.4 Å². The lowest BCUT2D eigenvalue weighted by Crippen LogP contribution is -2.46. The van der Waals surface area contributed by atoms with Crippen molar-refractivity contribution in [2.75, 3.05) is 12.5 Å². The van der Waals surface area contributed by atoms with Gasteiger partial charge in [0.25, 0.3) is 0 Å². The standard InChI is InChI=1S/C21H17Cl2N3OS/c22-17-7-4-8-18(23)20(17)15-9-19(27)26-12-25(11-14-5-2-1-3-6-14)13-28-21(26)16(15)10-24/h1-8,15H,9,11-13H2/t15-/m0/s1. The first-order chi connectivity index (χ1) is 13.6. The van der Waals surface area contributed by atoms with Crippen molar-refractivity contribution in [1.82, 2.24) is 9.80 Å². The van der Waals surface area contributed by atoms with E-state index in [9.17, 15) is 10.1 Å². The van der Waals surface area contributed by atoms with Gasteiger partial charge in [-0.05, 0) is 23.3 Å². The van der Waals surface area contributed by atoms with Crippen LogP contribution in [0.5, 0.6) is 0 Å². The summed E-state index contributed by atoms with van der Waals surface area (Å²) in [5.41, 5.74) is 2.43. The van der Waals surface area contributed by atoms with Gasteiger partial charge in [-0.25, -0.2) is 0 Å². The maximum atomic E-state index is 13.0. The monoisotopic (exact) mass is 429 g/mol. The van der Waals surface area contributed by atoms with Crippen molar-refractivity contribution in [1.29, 1.82) is 5.26 Å². The average Bonchev–Trinajstić information content (AvgIpc) is 2.69. The third-order valence-corrected chi connectivity index (χ3v) is 6.81. The lowest BCUT2D eigenvalue weighted by Gasteiger charge is -2.41. The molecule has 142 valence electrons. The first kappa shape index (κ1) is 19.4. The van der Waals surface area contributed by atoms with Crippen LogP contribution in [0, 0.1) is 11.3 Å². The van der Waals surface area contributed by atoms with E-state index in [0.29, 0.717) is 33.7 Å². The van der Waals surface area contributed by atoms with Gasteiger partial charge in [0.2, 0.25) is 5.91 Å². The Morgan fingerprint density at radius 3 is 2.50 bits per heavy atom. The van der Waals surface area contributed by atoms with E-state index in [1.54, 1.807) is 23.1 Å². The number of benzene rings is 2. The van der Waals surface area contributed by atoms with E-state index in [-0.39, 0.29) is 12.3 Å². The normalized spacial score (nSPS) is 20.1. The Labute approximate surface area is 178 Å². The van der Waals surface area contributed by atoms with E-state index in [1.807, 2.05) is 18.2 Å². The Balaban J connectivity index is 1.64. The van der Waals surface area contributed by atoms with E-state index in [4.69, 9.17) is 23.2 Å². The van der Waals surface area contributed by atoms with Crippen molar-refractivity contribution in [2.45, 2.75) is 18.9 Å². The lowest BCUT2D eigenvalue weighted by atomic mass is 9.86. The van der Waals surface area contributed by atoms with Crippen molar-refractivity contribution in [3.05, 3.63) is 80.3 Å². The van der Waals surface area contributed by atoms with E-state index < -0.39 is 5.92 Å². The van der Waals surface area contributed by atoms with E-state index in [2.05, 4.69) is 23.1 Å². The van der Waals surface area contributed by atoms with Gasteiger partial charge in [-0.2, -0.15) is 5.26 Å². The molecule has 1 saturated heterocycles. The molecule has 28 heavy (non-hydrogen) atoms. The van der Waals surface area contributed by atoms with Crippen LogP contribution in [0.4, 0.5) is 0 Å². The molecule has 2 aliphatic heterocycles. The predicted octanol–water partition coefficient (Wildman–Crippen LogP) is 5.21. The molecule has 1 atom stereocenters. The number of rotatable bonds is 3. The summed E-state index contributed by atoms with van der Waals surface area (Å²) in [5, 5.41) is 11.6. The van der Waals surface area contributed by atoms with E-state index >= 15 is 0 Å². The smallest absolute Gasteiger partial charge is 0.229 e. The number of halogens is 2. The van der Waals surface area contributed by atoms with Crippen molar-refractivity contribution in [2.24, 2.45) is 0 Å². The van der Waals surface area contributed by atoms with Crippen LogP contribution in [-0.4, -0.2) is 28.3 Å². The third kappa shape index (κ3) is 3.66. The first-order valence-corrected chi connectivity index (χ1v) is 10.6. The molecule has 1 amide bonds. The molecule has 0 aromatic heterocycles. The number of carbonyl (C=O) groups excluding carboxylic acids is 1. The second-order valence-corrected chi connectivity index (χ2v) is 8.52. The molecule has 1 fully saturated rings. The summed E-state index contributed by atoms with van der Waals surface area (Å²) in [6.07, 6.45) is 0.190. The second-order valence-electron chi connectivity index (χ2n) is 6.77. The molecule has 2 aromatic rings. The highest BCUT2D eigenvalue weighted by Gasteiger charge is 2.39. The zero-order chi connectivity index (χ0) is 19.7. The number of thioether (sulfide) groups is 1. The number of allylic oxidation sites excluding steroid dienone is 1. The lowest BCUT2D eigenvalue weighted by molar-refractivity contribution is -0.131. The van der Waals surface area contributed by atoms with Crippen LogP contribution in [-0.2, 0) is 11.3 Å². The number of amides is 1. The third-order valence-electron chi connectivity index (χ3n) is 4.95. The van der Waals surface area contributed by atoms with Gasteiger partial charge in [0.15, 0.2) is 0 Å². The highest BCUT2D eigenvalue weighted by Crippen LogP contribution is 2.46. The minimum atomic E-state index is -0.405. The van der Waals surface area contributed by atoms with Gasteiger partial charge in [-0.15, -0.1) is 0 Å². The highest BCUT2D eigenvalue weighted by atomic mass is 35.5. The molecule has 0 unspecified atom stereocenters. The summed E-state index contributed by atoms with van der Waals surface area (Å²) in [7, 11) is 0. The fourth-order valence-corrected chi connectivity index (χ4v) is 5.44. The number of nitrogens with zero attached hydrogens (tertiary/aromatic N) is 3. The van der Waals surface area contributed by atoms with Crippen LogP contribution in [0.15, 0.2) is 59.1 Å². The first-order valence-electron chi connectivity index (χ1n) is 8.86. The topological polar surface area (TPSA) is 47.3 Å². The SMILES string of the molecule is N#CC1=C2SCN(Cc3ccccc3)CN2C(=O)C[C@@H]1c1c(Cl)cccc1Cl. The van der Waals surface area contributed by atoms with Crippen molar-refractivity contribution in [3.63, 3.8) is 0 Å². The molecule has 7 heteroatoms. The fourth-order valence-electron chi connectivity index (χ4n) is 3.64. The Hall–Kier alpha value is -1.97. The molecule has 0 N–H and O–H groups in total. The largest absolute Gasteiger partial charge is 0.292 e. The summed E-state index contributed by atoms with van der Waals surface area (Å²) >= 11 is 14.3. The molecule has 0 bridgehead atoms. The average molecular weight is 430 g/mol. The van der Waals surface area contributed by atoms with Gasteiger partial charge in [-0.3, -0.25) is 14.6 Å². The van der Waals surface area contributed by atoms with Crippen LogP contribution >= 0.6 is 35.0 Å². The van der Waals surface area contributed by atoms with Gasteiger partial charge < -0.3 is 0 Å². The molecule has 2 aromatic carbocycles. The fraction of sp³-hybridized carbons (Fsp3) is 0.238. The van der Waals surface area contributed by atoms with Crippen molar-refractivity contribution in [3.8, 4) is 6.07 Å². The Bertz CT molecular complexity index is 967. The molecule has 0 saturated carbocycles. The van der Waals surface area contributed by atoms with Crippen LogP contribution in [0.1, 0.15) is 23.5 Å². The number of fused-ring (bicyclic) bond motifs is 1. The highest BCUT2D eigenvalue weighted by molar-refractivity contribution is 8.03. The van der Waals surface area contributed by atoms with Gasteiger partial charge >= 0.3 is 0 Å². The molecular weight excluding hydrogens is 413 g/mol. The minimum absolute atomic E-state index is 0.0137. The van der Waals surface area contributed by atoms with Crippen LogP contribution < -0.4 is 0 Å². The maximum absolute atomic E-state index is 13.0. The summed E-state index contributed by atoms with van der Waals surface area (Å²) in [5.74, 6) is 0.292. The number of hydrogen-bond acceptors (Lipinski definition) is 4. The number of nitriles is 1. The van der Waals surface area contributed by atoms with Crippen LogP contribution in [0.25, 0.3) is 0 Å². The maximum Gasteiger partial charge on any atom is 0.229 e. The zero-order valence-corrected chi connectivity index (χ0v) is 17.3. The molecule has 2 heterocycles. The predicted molar refractivity (Wildman–Crippen MR) is 113 cm³/mol. The van der Waals surface area contributed by atoms with E-state index in [1.165, 1.54) is 17.3 Å². The van der Waals surface area contributed by atoms with Gasteiger partial charge in [0.1, 0.15) is 0 Å². The number of hydrogen-bond donors (Lipinski definition) is 0.